The van der Waals surface area contributed by atoms with Crippen molar-refractivity contribution < 1.29 is 17.9 Å². The number of nitrogens with zero attached hydrogens (tertiary/aromatic N) is 3. The normalized spacial score (nSPS) is 18.8. The van der Waals surface area contributed by atoms with Crippen LogP contribution in [-0.2, 0) is 26.1 Å². The predicted octanol–water partition coefficient (Wildman–Crippen LogP) is 2.94. The molecule has 2 aromatic heterocycles. The molecular weight excluding hydrogens is 442 g/mol. The van der Waals surface area contributed by atoms with E-state index in [-0.39, 0.29) is 12.5 Å². The van der Waals surface area contributed by atoms with E-state index in [2.05, 4.69) is 4.99 Å². The minimum Gasteiger partial charge on any atom is -0.383 e. The molecule has 160 valence electrons. The van der Waals surface area contributed by atoms with Gasteiger partial charge in [0.1, 0.15) is 4.21 Å². The Morgan fingerprint density at radius 1 is 1.27 bits per heavy atom. The maximum absolute atomic E-state index is 13.0. The van der Waals surface area contributed by atoms with E-state index in [1.165, 1.54) is 27.0 Å². The number of para-hydroxylation sites is 1. The summed E-state index contributed by atoms with van der Waals surface area (Å²) in [5, 5.41) is 1.75. The summed E-state index contributed by atoms with van der Waals surface area (Å²) in [7, 11) is -1.92. The highest BCUT2D eigenvalue weighted by Gasteiger charge is 2.33. The van der Waals surface area contributed by atoms with Crippen molar-refractivity contribution in [3.63, 3.8) is 0 Å². The average Bonchev–Trinajstić information content (AvgIpc) is 3.41. The number of aromatic nitrogens is 1. The second kappa shape index (κ2) is 9.11. The fourth-order valence-corrected chi connectivity index (χ4v) is 7.32. The van der Waals surface area contributed by atoms with Crippen LogP contribution in [0.4, 0.5) is 0 Å². The lowest BCUT2D eigenvalue weighted by atomic mass is 9.99. The van der Waals surface area contributed by atoms with Gasteiger partial charge < -0.3 is 9.30 Å². The number of ether oxygens (including phenoxy) is 1. The van der Waals surface area contributed by atoms with Gasteiger partial charge in [0.25, 0.3) is 15.9 Å². The third-order valence-corrected chi connectivity index (χ3v) is 9.43. The number of fused-ring (bicyclic) bond motifs is 1. The number of methoxy groups -OCH3 is 1. The molecular formula is C20H23N3O4S3. The molecule has 1 unspecified atom stereocenters. The lowest BCUT2D eigenvalue weighted by molar-refractivity contribution is -0.122. The smallest absolute Gasteiger partial charge is 0.252 e. The molecule has 1 aliphatic rings. The largest absolute Gasteiger partial charge is 0.383 e. The highest BCUT2D eigenvalue weighted by Crippen LogP contribution is 2.27. The van der Waals surface area contributed by atoms with Gasteiger partial charge in [-0.2, -0.15) is 9.30 Å². The van der Waals surface area contributed by atoms with Crippen molar-refractivity contribution >= 4 is 48.8 Å². The summed E-state index contributed by atoms with van der Waals surface area (Å²) in [6.07, 6.45) is 1.29. The van der Waals surface area contributed by atoms with Crippen molar-refractivity contribution in [3.05, 3.63) is 46.6 Å². The molecule has 3 heterocycles. The third-order valence-electron chi connectivity index (χ3n) is 5.14. The van der Waals surface area contributed by atoms with E-state index >= 15 is 0 Å². The van der Waals surface area contributed by atoms with E-state index in [0.717, 1.165) is 10.2 Å². The van der Waals surface area contributed by atoms with Gasteiger partial charge in [0.2, 0.25) is 0 Å². The van der Waals surface area contributed by atoms with Gasteiger partial charge in [0, 0.05) is 26.7 Å². The Kier molecular flexibility index (Phi) is 6.49. The molecule has 0 spiro atoms. The zero-order valence-corrected chi connectivity index (χ0v) is 19.0. The number of hydrogen-bond acceptors (Lipinski definition) is 6. The molecule has 3 aromatic rings. The second-order valence-corrected chi connectivity index (χ2v) is 11.2. The Morgan fingerprint density at radius 2 is 2.10 bits per heavy atom. The molecule has 0 bridgehead atoms. The van der Waals surface area contributed by atoms with Crippen molar-refractivity contribution in [1.29, 1.82) is 0 Å². The van der Waals surface area contributed by atoms with E-state index in [1.54, 1.807) is 24.6 Å². The molecule has 1 amide bonds. The molecule has 7 nitrogen and oxygen atoms in total. The van der Waals surface area contributed by atoms with E-state index in [4.69, 9.17) is 4.74 Å². The molecule has 1 aromatic carbocycles. The van der Waals surface area contributed by atoms with E-state index < -0.39 is 15.9 Å². The summed E-state index contributed by atoms with van der Waals surface area (Å²) >= 11 is 2.66. The lowest BCUT2D eigenvalue weighted by Crippen LogP contribution is -2.42. The Morgan fingerprint density at radius 3 is 2.87 bits per heavy atom. The molecule has 4 rings (SSSR count). The fraction of sp³-hybridized carbons (Fsp3) is 0.400. The van der Waals surface area contributed by atoms with Gasteiger partial charge in [-0.15, -0.1) is 11.3 Å². The minimum absolute atomic E-state index is 0.172. The second-order valence-electron chi connectivity index (χ2n) is 7.08. The molecule has 1 fully saturated rings. The van der Waals surface area contributed by atoms with Crippen LogP contribution in [0.5, 0.6) is 0 Å². The van der Waals surface area contributed by atoms with Gasteiger partial charge in [0.05, 0.1) is 22.7 Å². The number of rotatable bonds is 6. The maximum atomic E-state index is 13.0. The maximum Gasteiger partial charge on any atom is 0.252 e. The van der Waals surface area contributed by atoms with Crippen molar-refractivity contribution in [1.82, 2.24) is 8.87 Å². The summed E-state index contributed by atoms with van der Waals surface area (Å²) < 4.78 is 35.7. The van der Waals surface area contributed by atoms with Crippen LogP contribution < -0.4 is 4.80 Å². The topological polar surface area (TPSA) is 81.0 Å². The first-order valence-electron chi connectivity index (χ1n) is 9.70. The molecule has 0 saturated carbocycles. The van der Waals surface area contributed by atoms with Crippen LogP contribution >= 0.6 is 22.7 Å². The number of benzene rings is 1. The summed E-state index contributed by atoms with van der Waals surface area (Å²) in [6.45, 7) is 1.71. The van der Waals surface area contributed by atoms with Crippen molar-refractivity contribution in [2.24, 2.45) is 10.9 Å². The molecule has 1 aliphatic heterocycles. The van der Waals surface area contributed by atoms with Crippen LogP contribution in [0.2, 0.25) is 0 Å². The Bertz CT molecular complexity index is 1200. The summed E-state index contributed by atoms with van der Waals surface area (Å²) in [6, 6.07) is 11.2. The Hall–Kier alpha value is -1.85. The van der Waals surface area contributed by atoms with Gasteiger partial charge in [-0.25, -0.2) is 8.42 Å². The number of piperidine rings is 1. The van der Waals surface area contributed by atoms with E-state index in [0.29, 0.717) is 41.5 Å². The van der Waals surface area contributed by atoms with Crippen LogP contribution in [-0.4, -0.2) is 50.0 Å². The van der Waals surface area contributed by atoms with Gasteiger partial charge in [-0.1, -0.05) is 29.5 Å². The molecule has 30 heavy (non-hydrogen) atoms. The standard InChI is InChI=1S/C20H23N3O4S3/c1-27-12-11-23-16-7-2-3-8-17(16)29-20(23)21-19(24)15-6-4-10-22(14-15)30(25,26)18-9-5-13-28-18/h2-3,5,7-9,13,15H,4,6,10-12,14H2,1H3. The summed E-state index contributed by atoms with van der Waals surface area (Å²) in [4.78, 5) is 18.0. The van der Waals surface area contributed by atoms with Crippen LogP contribution in [0, 0.1) is 5.92 Å². The molecule has 10 heteroatoms. The first kappa shape index (κ1) is 21.4. The number of amides is 1. The first-order valence-corrected chi connectivity index (χ1v) is 12.8. The Labute approximate surface area is 183 Å². The van der Waals surface area contributed by atoms with Crippen LogP contribution in [0.3, 0.4) is 0 Å². The number of sulfonamides is 1. The lowest BCUT2D eigenvalue weighted by Gasteiger charge is -2.29. The Balaban J connectivity index is 1.61. The van der Waals surface area contributed by atoms with Crippen molar-refractivity contribution in [2.45, 2.75) is 23.6 Å². The molecule has 0 N–H and O–H groups in total. The summed E-state index contributed by atoms with van der Waals surface area (Å²) in [5.41, 5.74) is 1.01. The zero-order valence-electron chi connectivity index (χ0n) is 16.6. The highest BCUT2D eigenvalue weighted by molar-refractivity contribution is 7.91. The van der Waals surface area contributed by atoms with Gasteiger partial charge in [0.15, 0.2) is 4.80 Å². The number of thiazole rings is 1. The van der Waals surface area contributed by atoms with Crippen LogP contribution in [0.25, 0.3) is 10.2 Å². The van der Waals surface area contributed by atoms with Crippen molar-refractivity contribution in [3.8, 4) is 0 Å². The molecule has 0 radical (unpaired) electrons. The third kappa shape index (κ3) is 4.28. The monoisotopic (exact) mass is 465 g/mol. The number of hydrogen-bond donors (Lipinski definition) is 0. The van der Waals surface area contributed by atoms with Crippen LogP contribution in [0.1, 0.15) is 12.8 Å². The van der Waals surface area contributed by atoms with Gasteiger partial charge >= 0.3 is 0 Å². The highest BCUT2D eigenvalue weighted by atomic mass is 32.2. The number of thiophene rings is 1. The predicted molar refractivity (Wildman–Crippen MR) is 118 cm³/mol. The molecule has 1 saturated heterocycles. The molecule has 0 aliphatic carbocycles. The zero-order chi connectivity index (χ0) is 21.1. The average molecular weight is 466 g/mol. The minimum atomic E-state index is -3.56. The number of carbonyl (C=O) groups is 1. The van der Waals surface area contributed by atoms with Crippen LogP contribution in [0.15, 0.2) is 51.0 Å². The number of carbonyl (C=O) groups excluding carboxylic acids is 1. The fourth-order valence-electron chi connectivity index (χ4n) is 3.59. The summed E-state index contributed by atoms with van der Waals surface area (Å²) in [5.74, 6) is -0.701. The SMILES string of the molecule is COCCn1c(=NC(=O)C2CCCN(S(=O)(=O)c3cccs3)C2)sc2ccccc21. The quantitative estimate of drug-likeness (QED) is 0.561. The van der Waals surface area contributed by atoms with E-state index in [1.807, 2.05) is 28.8 Å². The van der Waals surface area contributed by atoms with E-state index in [9.17, 15) is 13.2 Å². The van der Waals surface area contributed by atoms with Gasteiger partial charge in [-0.05, 0) is 36.4 Å². The first-order chi connectivity index (χ1) is 14.5. The van der Waals surface area contributed by atoms with Crippen molar-refractivity contribution in [2.75, 3.05) is 26.8 Å². The van der Waals surface area contributed by atoms with Gasteiger partial charge in [-0.3, -0.25) is 4.79 Å². The molecule has 1 atom stereocenters.